The van der Waals surface area contributed by atoms with E-state index in [0.29, 0.717) is 0 Å². The highest BCUT2D eigenvalue weighted by Crippen LogP contribution is 2.49. The molecule has 55 heavy (non-hydrogen) atoms. The molecule has 0 saturated heterocycles. The van der Waals surface area contributed by atoms with Gasteiger partial charge in [0.05, 0.1) is 16.7 Å². The lowest BCUT2D eigenvalue weighted by Gasteiger charge is -2.29. The zero-order chi connectivity index (χ0) is 36.3. The van der Waals surface area contributed by atoms with E-state index in [1.54, 1.807) is 0 Å². The second kappa shape index (κ2) is 12.6. The molecule has 3 heteroatoms. The summed E-state index contributed by atoms with van der Waals surface area (Å²) >= 11 is 0. The van der Waals surface area contributed by atoms with Crippen LogP contribution in [0.5, 0.6) is 0 Å². The Kier molecular flexibility index (Phi) is 7.17. The summed E-state index contributed by atoms with van der Waals surface area (Å²) in [5.41, 5.74) is 13.1. The molecule has 0 saturated carbocycles. The van der Waals surface area contributed by atoms with Crippen LogP contribution in [0.25, 0.3) is 82.5 Å². The molecule has 0 bridgehead atoms. The van der Waals surface area contributed by atoms with Gasteiger partial charge in [-0.05, 0) is 94.2 Å². The molecule has 2 heterocycles. The van der Waals surface area contributed by atoms with Crippen molar-refractivity contribution in [3.8, 4) is 27.9 Å². The van der Waals surface area contributed by atoms with Crippen molar-refractivity contribution >= 4 is 71.6 Å². The number of hydrogen-bond donors (Lipinski definition) is 0. The van der Waals surface area contributed by atoms with Gasteiger partial charge in [0.2, 0.25) is 0 Å². The summed E-state index contributed by atoms with van der Waals surface area (Å²) in [5.74, 6) is 0. The number of furan rings is 1. The summed E-state index contributed by atoms with van der Waals surface area (Å²) in [5, 5.41) is 7.02. The van der Waals surface area contributed by atoms with Crippen molar-refractivity contribution in [2.75, 3.05) is 4.90 Å². The highest BCUT2D eigenvalue weighted by molar-refractivity contribution is 6.19. The molecular weight excluding hydrogens is 669 g/mol. The number of anilines is 3. The van der Waals surface area contributed by atoms with Crippen LogP contribution in [0.3, 0.4) is 0 Å². The molecule has 11 rings (SSSR count). The van der Waals surface area contributed by atoms with Crippen LogP contribution in [0, 0.1) is 0 Å². The monoisotopic (exact) mass is 702 g/mol. The highest BCUT2D eigenvalue weighted by Gasteiger charge is 2.25. The minimum atomic E-state index is 0.869. The normalized spacial score (nSPS) is 11.6. The van der Waals surface area contributed by atoms with Crippen molar-refractivity contribution in [1.82, 2.24) is 4.57 Å². The van der Waals surface area contributed by atoms with Crippen molar-refractivity contribution in [3.05, 3.63) is 206 Å². The van der Waals surface area contributed by atoms with Crippen LogP contribution in [0.15, 0.2) is 211 Å². The molecule has 11 aromatic rings. The third kappa shape index (κ3) is 5.05. The first-order chi connectivity index (χ1) is 27.3. The zero-order valence-corrected chi connectivity index (χ0v) is 29.9. The molecule has 0 aliphatic rings. The van der Waals surface area contributed by atoms with Crippen LogP contribution in [0.4, 0.5) is 17.1 Å². The number of nitrogens with zero attached hydrogens (tertiary/aromatic N) is 2. The lowest BCUT2D eigenvalue weighted by Crippen LogP contribution is -2.11. The van der Waals surface area contributed by atoms with Crippen LogP contribution in [-0.4, -0.2) is 4.57 Å². The van der Waals surface area contributed by atoms with Crippen LogP contribution in [0.1, 0.15) is 0 Å². The summed E-state index contributed by atoms with van der Waals surface area (Å²) in [6.07, 6.45) is 0. The van der Waals surface area contributed by atoms with Gasteiger partial charge in [-0.2, -0.15) is 0 Å². The fraction of sp³-hybridized carbons (Fsp3) is 0. The van der Waals surface area contributed by atoms with Crippen LogP contribution < -0.4 is 4.90 Å². The van der Waals surface area contributed by atoms with E-state index in [1.165, 1.54) is 43.7 Å². The third-order valence-corrected chi connectivity index (χ3v) is 11.0. The predicted octanol–water partition coefficient (Wildman–Crippen LogP) is 14.6. The van der Waals surface area contributed by atoms with Gasteiger partial charge < -0.3 is 13.9 Å². The number of benzene rings is 9. The van der Waals surface area contributed by atoms with E-state index >= 15 is 0 Å². The average molecular weight is 703 g/mol. The Hall–Kier alpha value is -7.36. The highest BCUT2D eigenvalue weighted by atomic mass is 16.3. The Morgan fingerprint density at radius 3 is 1.87 bits per heavy atom. The SMILES string of the molecule is c1ccc(-c2ccc(N(c3ccc4c(c3)c3ccccc3n4-c3ccccc3)c3ccc4oc5ccccc5c4c3-c3cccc4ccccc34)cc2)cc1. The first kappa shape index (κ1) is 31.2. The average Bonchev–Trinajstić information content (AvgIpc) is 3.80. The minimum absolute atomic E-state index is 0.869. The molecule has 0 aliphatic carbocycles. The van der Waals surface area contributed by atoms with Gasteiger partial charge in [-0.1, -0.05) is 140 Å². The second-order valence-electron chi connectivity index (χ2n) is 14.1. The lowest BCUT2D eigenvalue weighted by molar-refractivity contribution is 0.669. The summed E-state index contributed by atoms with van der Waals surface area (Å²) in [7, 11) is 0. The fourth-order valence-electron chi connectivity index (χ4n) is 8.52. The molecule has 0 radical (unpaired) electrons. The summed E-state index contributed by atoms with van der Waals surface area (Å²) in [6, 6.07) is 74.0. The number of fused-ring (bicyclic) bond motifs is 7. The summed E-state index contributed by atoms with van der Waals surface area (Å²) < 4.78 is 8.94. The van der Waals surface area contributed by atoms with E-state index in [4.69, 9.17) is 4.42 Å². The van der Waals surface area contributed by atoms with Gasteiger partial charge in [0, 0.05) is 44.2 Å². The van der Waals surface area contributed by atoms with Gasteiger partial charge in [0.25, 0.3) is 0 Å². The first-order valence-corrected chi connectivity index (χ1v) is 18.8. The quantitative estimate of drug-likeness (QED) is 0.172. The van der Waals surface area contributed by atoms with Crippen molar-refractivity contribution < 1.29 is 4.42 Å². The predicted molar refractivity (Wildman–Crippen MR) is 231 cm³/mol. The molecule has 0 aliphatic heterocycles. The lowest BCUT2D eigenvalue weighted by atomic mass is 9.92. The van der Waals surface area contributed by atoms with E-state index in [2.05, 4.69) is 210 Å². The fourth-order valence-corrected chi connectivity index (χ4v) is 8.52. The van der Waals surface area contributed by atoms with Gasteiger partial charge in [0.15, 0.2) is 0 Å². The summed E-state index contributed by atoms with van der Waals surface area (Å²) in [6.45, 7) is 0. The van der Waals surface area contributed by atoms with E-state index in [0.717, 1.165) is 55.8 Å². The van der Waals surface area contributed by atoms with Crippen molar-refractivity contribution in [2.24, 2.45) is 0 Å². The van der Waals surface area contributed by atoms with Gasteiger partial charge in [-0.25, -0.2) is 0 Å². The van der Waals surface area contributed by atoms with Crippen LogP contribution in [0.2, 0.25) is 0 Å². The number of hydrogen-bond acceptors (Lipinski definition) is 2. The Balaban J connectivity index is 1.23. The molecule has 0 N–H and O–H groups in total. The van der Waals surface area contributed by atoms with Gasteiger partial charge >= 0.3 is 0 Å². The molecule has 3 nitrogen and oxygen atoms in total. The Morgan fingerprint density at radius 2 is 1.04 bits per heavy atom. The second-order valence-corrected chi connectivity index (χ2v) is 14.1. The van der Waals surface area contributed by atoms with Gasteiger partial charge in [0.1, 0.15) is 11.2 Å². The Bertz CT molecular complexity index is 3190. The van der Waals surface area contributed by atoms with Crippen molar-refractivity contribution in [3.63, 3.8) is 0 Å². The molecular formula is C52H34N2O. The number of para-hydroxylation sites is 3. The molecule has 0 amide bonds. The smallest absolute Gasteiger partial charge is 0.136 e. The zero-order valence-electron chi connectivity index (χ0n) is 29.9. The Labute approximate surface area is 318 Å². The third-order valence-electron chi connectivity index (χ3n) is 11.0. The topological polar surface area (TPSA) is 21.3 Å². The maximum absolute atomic E-state index is 6.57. The molecule has 0 spiro atoms. The van der Waals surface area contributed by atoms with Crippen LogP contribution >= 0.6 is 0 Å². The van der Waals surface area contributed by atoms with E-state index in [9.17, 15) is 0 Å². The molecule has 0 atom stereocenters. The number of rotatable bonds is 6. The maximum Gasteiger partial charge on any atom is 0.136 e. The molecule has 0 fully saturated rings. The number of aromatic nitrogens is 1. The van der Waals surface area contributed by atoms with Gasteiger partial charge in [-0.15, -0.1) is 0 Å². The first-order valence-electron chi connectivity index (χ1n) is 18.8. The van der Waals surface area contributed by atoms with E-state index < -0.39 is 0 Å². The molecule has 9 aromatic carbocycles. The Morgan fingerprint density at radius 1 is 0.400 bits per heavy atom. The molecule has 0 unspecified atom stereocenters. The molecule has 2 aromatic heterocycles. The minimum Gasteiger partial charge on any atom is -0.456 e. The maximum atomic E-state index is 6.57. The van der Waals surface area contributed by atoms with Crippen molar-refractivity contribution in [1.29, 1.82) is 0 Å². The molecule has 258 valence electrons. The van der Waals surface area contributed by atoms with E-state index in [1.807, 2.05) is 6.07 Å². The van der Waals surface area contributed by atoms with E-state index in [-0.39, 0.29) is 0 Å². The standard InChI is InChI=1S/C52H34N2O/c1-3-14-35(15-4-1)36-26-28-39(29-27-36)53(40-30-31-47-45(34-40)42-21-9-11-24-46(42)54(47)38-18-5-2-6-19-38)48-32-33-50-52(44-22-10-12-25-49(44)55-50)51(48)43-23-13-17-37-16-7-8-20-41(37)43/h1-34H. The largest absolute Gasteiger partial charge is 0.456 e. The van der Waals surface area contributed by atoms with Gasteiger partial charge in [-0.3, -0.25) is 0 Å². The van der Waals surface area contributed by atoms with Crippen molar-refractivity contribution in [2.45, 2.75) is 0 Å². The van der Waals surface area contributed by atoms with Crippen LogP contribution in [-0.2, 0) is 0 Å². The summed E-state index contributed by atoms with van der Waals surface area (Å²) in [4.78, 5) is 2.43.